The van der Waals surface area contributed by atoms with Crippen LogP contribution in [0.1, 0.15) is 17.3 Å². The van der Waals surface area contributed by atoms with Crippen molar-refractivity contribution < 1.29 is 4.42 Å². The number of alkyl halides is 3. The normalized spacial score (nSPS) is 12.2. The van der Waals surface area contributed by atoms with Gasteiger partial charge in [-0.15, -0.1) is 10.2 Å². The Morgan fingerprint density at radius 3 is 2.28 bits per heavy atom. The summed E-state index contributed by atoms with van der Waals surface area (Å²) in [4.78, 5) is 0. The molecule has 0 saturated heterocycles. The summed E-state index contributed by atoms with van der Waals surface area (Å²) in [5, 5.41) is 8.48. The molecule has 0 aliphatic rings. The predicted molar refractivity (Wildman–Crippen MR) is 83.1 cm³/mol. The van der Waals surface area contributed by atoms with Crippen molar-refractivity contribution in [1.29, 1.82) is 0 Å². The molecular weight excluding hydrogens is 451 g/mol. The molecule has 0 atom stereocenters. The molecule has 0 saturated carbocycles. The summed E-state index contributed by atoms with van der Waals surface area (Å²) in [6.45, 7) is 0. The summed E-state index contributed by atoms with van der Waals surface area (Å²) in [7, 11) is 0. The van der Waals surface area contributed by atoms with E-state index in [1.54, 1.807) is 6.08 Å². The predicted octanol–water partition coefficient (Wildman–Crippen LogP) is 5.19. The average Bonchev–Trinajstić information content (AvgIpc) is 2.77. The molecule has 0 fully saturated rings. The Morgan fingerprint density at radius 1 is 1.06 bits per heavy atom. The Balaban J connectivity index is 2.14. The van der Waals surface area contributed by atoms with E-state index >= 15 is 0 Å². The quantitative estimate of drug-likeness (QED) is 0.583. The van der Waals surface area contributed by atoms with Gasteiger partial charge in [-0.2, -0.15) is 0 Å². The minimum absolute atomic E-state index is 0.387. The van der Waals surface area contributed by atoms with E-state index in [9.17, 15) is 0 Å². The lowest BCUT2D eigenvalue weighted by atomic mass is 10.2. The molecule has 1 aromatic carbocycles. The first-order chi connectivity index (χ1) is 8.45. The Labute approximate surface area is 134 Å². The van der Waals surface area contributed by atoms with Gasteiger partial charge in [0.25, 0.3) is 5.89 Å². The number of benzene rings is 1. The molecular formula is C11H6Br3ClN2O. The standard InChI is InChI=1S/C11H6Br3ClN2O/c12-11(13,14)10-17-16-9(18-10)6-3-7-1-4-8(15)5-2-7/h1-6H. The Morgan fingerprint density at radius 2 is 1.72 bits per heavy atom. The van der Waals surface area contributed by atoms with E-state index in [1.165, 1.54) is 0 Å². The van der Waals surface area contributed by atoms with Gasteiger partial charge >= 0.3 is 0 Å². The largest absolute Gasteiger partial charge is 0.418 e. The van der Waals surface area contributed by atoms with Crippen LogP contribution in [0.2, 0.25) is 5.02 Å². The zero-order valence-electron chi connectivity index (χ0n) is 8.78. The lowest BCUT2D eigenvalue weighted by Gasteiger charge is -2.03. The number of hydrogen-bond acceptors (Lipinski definition) is 3. The molecule has 1 aromatic heterocycles. The third-order valence-electron chi connectivity index (χ3n) is 1.97. The van der Waals surface area contributed by atoms with E-state index in [0.29, 0.717) is 16.8 Å². The molecule has 2 rings (SSSR count). The van der Waals surface area contributed by atoms with Crippen LogP contribution >= 0.6 is 59.4 Å². The van der Waals surface area contributed by atoms with Crippen LogP contribution in [-0.4, -0.2) is 10.2 Å². The molecule has 7 heteroatoms. The summed E-state index contributed by atoms with van der Waals surface area (Å²) < 4.78 is 4.73. The van der Waals surface area contributed by atoms with Crippen LogP contribution in [0.5, 0.6) is 0 Å². The third-order valence-corrected chi connectivity index (χ3v) is 3.24. The van der Waals surface area contributed by atoms with E-state index in [1.807, 2.05) is 30.3 Å². The molecule has 94 valence electrons. The third kappa shape index (κ3) is 3.91. The van der Waals surface area contributed by atoms with Crippen LogP contribution in [0.25, 0.3) is 12.2 Å². The van der Waals surface area contributed by atoms with Crippen molar-refractivity contribution >= 4 is 71.5 Å². The van der Waals surface area contributed by atoms with Crippen molar-refractivity contribution in [1.82, 2.24) is 10.2 Å². The Bertz CT molecular complexity index is 560. The second-order valence-corrected chi connectivity index (χ2v) is 10.5. The van der Waals surface area contributed by atoms with Crippen molar-refractivity contribution in [3.05, 3.63) is 46.6 Å². The Kier molecular flexibility index (Phi) is 4.64. The summed E-state index contributed by atoms with van der Waals surface area (Å²) in [5.74, 6) is 0.806. The number of rotatable bonds is 2. The highest BCUT2D eigenvalue weighted by molar-refractivity contribution is 9.38. The summed E-state index contributed by atoms with van der Waals surface area (Å²) >= 11 is 15.7. The summed E-state index contributed by atoms with van der Waals surface area (Å²) in [5.41, 5.74) is 1.00. The van der Waals surface area contributed by atoms with E-state index in [-0.39, 0.29) is 0 Å². The first-order valence-electron chi connectivity index (χ1n) is 4.79. The van der Waals surface area contributed by atoms with Crippen LogP contribution in [0.3, 0.4) is 0 Å². The second kappa shape index (κ2) is 5.86. The highest BCUT2D eigenvalue weighted by atomic mass is 80.0. The minimum atomic E-state index is -0.688. The molecule has 2 aromatic rings. The zero-order valence-corrected chi connectivity index (χ0v) is 14.3. The fraction of sp³-hybridized carbons (Fsp3) is 0.0909. The topological polar surface area (TPSA) is 38.9 Å². The minimum Gasteiger partial charge on any atom is -0.418 e. The van der Waals surface area contributed by atoms with Crippen molar-refractivity contribution in [3.8, 4) is 0 Å². The lowest BCUT2D eigenvalue weighted by molar-refractivity contribution is 0.502. The highest BCUT2D eigenvalue weighted by Crippen LogP contribution is 2.43. The van der Waals surface area contributed by atoms with Crippen LogP contribution in [0, 0.1) is 0 Å². The first-order valence-corrected chi connectivity index (χ1v) is 7.55. The summed E-state index contributed by atoms with van der Waals surface area (Å²) in [6, 6.07) is 7.45. The highest BCUT2D eigenvalue weighted by Gasteiger charge is 2.27. The molecule has 0 radical (unpaired) electrons. The van der Waals surface area contributed by atoms with Gasteiger partial charge in [-0.25, -0.2) is 0 Å². The molecule has 0 spiro atoms. The monoisotopic (exact) mass is 454 g/mol. The van der Waals surface area contributed by atoms with E-state index < -0.39 is 2.14 Å². The molecule has 1 heterocycles. The number of nitrogens with zero attached hydrogens (tertiary/aromatic N) is 2. The van der Waals surface area contributed by atoms with Crippen molar-refractivity contribution in [3.63, 3.8) is 0 Å². The molecule has 0 unspecified atom stereocenters. The van der Waals surface area contributed by atoms with E-state index in [0.717, 1.165) is 5.56 Å². The van der Waals surface area contributed by atoms with Gasteiger partial charge in [0.05, 0.1) is 0 Å². The smallest absolute Gasteiger partial charge is 0.255 e. The van der Waals surface area contributed by atoms with Gasteiger partial charge in [0.15, 0.2) is 0 Å². The Hall–Kier alpha value is -0.170. The molecule has 0 amide bonds. The number of hydrogen-bond donors (Lipinski definition) is 0. The van der Waals surface area contributed by atoms with Gasteiger partial charge in [-0.3, -0.25) is 0 Å². The van der Waals surface area contributed by atoms with E-state index in [4.69, 9.17) is 16.0 Å². The van der Waals surface area contributed by atoms with Gasteiger partial charge in [0.1, 0.15) is 0 Å². The maximum atomic E-state index is 5.80. The van der Waals surface area contributed by atoms with Gasteiger partial charge in [-0.1, -0.05) is 23.7 Å². The van der Waals surface area contributed by atoms with Crippen molar-refractivity contribution in [2.75, 3.05) is 0 Å². The maximum Gasteiger partial charge on any atom is 0.255 e. The van der Waals surface area contributed by atoms with Gasteiger partial charge in [0.2, 0.25) is 8.03 Å². The van der Waals surface area contributed by atoms with Crippen LogP contribution < -0.4 is 0 Å². The molecule has 0 bridgehead atoms. The van der Waals surface area contributed by atoms with Crippen LogP contribution in [0.4, 0.5) is 0 Å². The van der Waals surface area contributed by atoms with Crippen molar-refractivity contribution in [2.45, 2.75) is 2.14 Å². The van der Waals surface area contributed by atoms with Gasteiger partial charge in [0, 0.05) is 11.1 Å². The lowest BCUT2D eigenvalue weighted by Crippen LogP contribution is -1.97. The number of halogens is 4. The van der Waals surface area contributed by atoms with Crippen molar-refractivity contribution in [2.24, 2.45) is 0 Å². The molecule has 0 aliphatic heterocycles. The molecule has 18 heavy (non-hydrogen) atoms. The average molecular weight is 457 g/mol. The zero-order chi connectivity index (χ0) is 13.2. The number of aromatic nitrogens is 2. The SMILES string of the molecule is Clc1ccc(C=Cc2nnc(C(Br)(Br)Br)o2)cc1. The van der Waals surface area contributed by atoms with E-state index in [2.05, 4.69) is 58.0 Å². The van der Waals surface area contributed by atoms with Gasteiger partial charge < -0.3 is 4.42 Å². The van der Waals surface area contributed by atoms with Crippen LogP contribution in [0.15, 0.2) is 28.7 Å². The second-order valence-electron chi connectivity index (χ2n) is 3.33. The van der Waals surface area contributed by atoms with Gasteiger partial charge in [-0.05, 0) is 71.6 Å². The molecule has 3 nitrogen and oxygen atoms in total. The molecule has 0 N–H and O–H groups in total. The van der Waals surface area contributed by atoms with Crippen LogP contribution in [-0.2, 0) is 2.14 Å². The fourth-order valence-electron chi connectivity index (χ4n) is 1.16. The summed E-state index contributed by atoms with van der Waals surface area (Å²) in [6.07, 6.45) is 3.60. The fourth-order valence-corrected chi connectivity index (χ4v) is 1.76. The molecule has 0 aliphatic carbocycles. The maximum absolute atomic E-state index is 5.80. The first kappa shape index (κ1) is 14.2.